The van der Waals surface area contributed by atoms with Crippen LogP contribution in [0.15, 0.2) is 35.5 Å². The van der Waals surface area contributed by atoms with E-state index in [2.05, 4.69) is 20.6 Å². The van der Waals surface area contributed by atoms with Crippen molar-refractivity contribution < 1.29 is 9.59 Å². The summed E-state index contributed by atoms with van der Waals surface area (Å²) in [4.78, 5) is 23.6. The van der Waals surface area contributed by atoms with Crippen LogP contribution >= 0.6 is 11.8 Å². The normalized spacial score (nSPS) is 10.8. The van der Waals surface area contributed by atoms with E-state index in [0.29, 0.717) is 22.1 Å². The smallest absolute Gasteiger partial charge is 0.234 e. The Balaban J connectivity index is 1.69. The van der Waals surface area contributed by atoms with Crippen molar-refractivity contribution in [3.8, 4) is 0 Å². The molecule has 1 amide bonds. The molecule has 3 rings (SSSR count). The number of Topliss-reactive ketones (excluding diaryl/α,β-unsaturated/α-hetero) is 1. The van der Waals surface area contributed by atoms with Gasteiger partial charge in [0.15, 0.2) is 11.4 Å². The molecule has 0 bridgehead atoms. The maximum Gasteiger partial charge on any atom is 0.234 e. The first kappa shape index (κ1) is 17.1. The zero-order valence-electron chi connectivity index (χ0n) is 14.1. The number of carbonyl (C=O) groups is 2. The second-order valence-corrected chi connectivity index (χ2v) is 6.60. The van der Waals surface area contributed by atoms with Crippen LogP contribution in [0, 0.1) is 13.8 Å². The van der Waals surface area contributed by atoms with Gasteiger partial charge in [0.1, 0.15) is 0 Å². The van der Waals surface area contributed by atoms with Crippen LogP contribution in [0.1, 0.15) is 28.5 Å². The molecule has 0 aliphatic rings. The Kier molecular flexibility index (Phi) is 4.80. The van der Waals surface area contributed by atoms with Crippen LogP contribution in [0.3, 0.4) is 0 Å². The monoisotopic (exact) mass is 355 g/mol. The molecule has 7 nitrogen and oxygen atoms in total. The number of aryl methyl sites for hydroxylation is 2. The van der Waals surface area contributed by atoms with Crippen molar-refractivity contribution in [2.45, 2.75) is 25.9 Å². The lowest BCUT2D eigenvalue weighted by atomic mass is 10.1. The molecule has 1 N–H and O–H groups in total. The van der Waals surface area contributed by atoms with Gasteiger partial charge in [0.05, 0.1) is 11.4 Å². The molecule has 0 saturated carbocycles. The molecular weight excluding hydrogens is 338 g/mol. The van der Waals surface area contributed by atoms with Crippen LogP contribution in [-0.2, 0) is 4.79 Å². The minimum absolute atomic E-state index is 0.0442. The van der Waals surface area contributed by atoms with E-state index in [1.54, 1.807) is 28.8 Å². The largest absolute Gasteiger partial charge is 0.325 e. The summed E-state index contributed by atoms with van der Waals surface area (Å²) in [5.41, 5.74) is 3.68. The number of anilines is 1. The Bertz CT molecular complexity index is 967. The Labute approximate surface area is 148 Å². The highest BCUT2D eigenvalue weighted by atomic mass is 32.2. The highest BCUT2D eigenvalue weighted by molar-refractivity contribution is 7.99. The number of rotatable bonds is 5. The molecule has 3 aromatic rings. The predicted molar refractivity (Wildman–Crippen MR) is 96.1 cm³/mol. The third-order valence-corrected chi connectivity index (χ3v) is 4.45. The number of ketones is 1. The summed E-state index contributed by atoms with van der Waals surface area (Å²) in [7, 11) is 0. The van der Waals surface area contributed by atoms with E-state index in [9.17, 15) is 9.59 Å². The molecule has 0 radical (unpaired) electrons. The number of fused-ring (bicyclic) bond motifs is 1. The Hall–Kier alpha value is -2.74. The fraction of sp³-hybridized carbons (Fsp3) is 0.235. The lowest BCUT2D eigenvalue weighted by molar-refractivity contribution is -0.113. The average Bonchev–Trinajstić information content (AvgIpc) is 2.96. The first-order valence-corrected chi connectivity index (χ1v) is 8.66. The molecule has 128 valence electrons. The third kappa shape index (κ3) is 3.85. The van der Waals surface area contributed by atoms with Crippen LogP contribution in [0.5, 0.6) is 0 Å². The maximum atomic E-state index is 12.2. The predicted octanol–water partition coefficient (Wildman–Crippen LogP) is 2.67. The van der Waals surface area contributed by atoms with E-state index in [0.717, 1.165) is 11.3 Å². The van der Waals surface area contributed by atoms with Crippen LogP contribution in [0.4, 0.5) is 5.69 Å². The van der Waals surface area contributed by atoms with E-state index in [-0.39, 0.29) is 17.4 Å². The van der Waals surface area contributed by atoms with Gasteiger partial charge in [-0.25, -0.2) is 0 Å². The van der Waals surface area contributed by atoms with Gasteiger partial charge in [0.25, 0.3) is 0 Å². The molecule has 2 heterocycles. The first-order chi connectivity index (χ1) is 11.9. The van der Waals surface area contributed by atoms with Crippen molar-refractivity contribution in [2.24, 2.45) is 0 Å². The van der Waals surface area contributed by atoms with Gasteiger partial charge in [-0.3, -0.25) is 9.59 Å². The first-order valence-electron chi connectivity index (χ1n) is 7.67. The number of hydrogen-bond acceptors (Lipinski definition) is 6. The molecule has 0 saturated heterocycles. The molecule has 1 aromatic carbocycles. The fourth-order valence-electron chi connectivity index (χ4n) is 2.40. The van der Waals surface area contributed by atoms with Gasteiger partial charge in [-0.1, -0.05) is 23.9 Å². The minimum atomic E-state index is -0.188. The van der Waals surface area contributed by atoms with Gasteiger partial charge in [-0.15, -0.1) is 10.2 Å². The SMILES string of the molecule is CC(=O)c1cccc(NC(=O)CSc2nnc3c(C)cc(C)nn23)c1. The summed E-state index contributed by atoms with van der Waals surface area (Å²) >= 11 is 1.26. The van der Waals surface area contributed by atoms with Crippen LogP contribution < -0.4 is 5.32 Å². The van der Waals surface area contributed by atoms with Crippen LogP contribution in [-0.4, -0.2) is 37.3 Å². The number of hydrogen-bond donors (Lipinski definition) is 1. The molecule has 0 aliphatic carbocycles. The molecule has 0 unspecified atom stereocenters. The molecular formula is C17H17N5O2S. The summed E-state index contributed by atoms with van der Waals surface area (Å²) in [5, 5.41) is 16.0. The molecule has 0 aliphatic heterocycles. The standard InChI is InChI=1S/C17H17N5O2S/c1-10-7-11(2)21-22-16(10)19-20-17(22)25-9-15(24)18-14-6-4-5-13(8-14)12(3)23/h4-8H,9H2,1-3H3,(H,18,24). The van der Waals surface area contributed by atoms with Crippen molar-refractivity contribution in [1.82, 2.24) is 19.8 Å². The highest BCUT2D eigenvalue weighted by Gasteiger charge is 2.12. The molecule has 2 aromatic heterocycles. The summed E-state index contributed by atoms with van der Waals surface area (Å²) in [6.07, 6.45) is 0. The number of amides is 1. The lowest BCUT2D eigenvalue weighted by Crippen LogP contribution is -2.14. The maximum absolute atomic E-state index is 12.2. The molecule has 0 fully saturated rings. The topological polar surface area (TPSA) is 89.2 Å². The second kappa shape index (κ2) is 7.02. The molecule has 0 atom stereocenters. The second-order valence-electron chi connectivity index (χ2n) is 5.66. The van der Waals surface area contributed by atoms with Crippen molar-refractivity contribution in [2.75, 3.05) is 11.1 Å². The minimum Gasteiger partial charge on any atom is -0.325 e. The Morgan fingerprint density at radius 3 is 2.76 bits per heavy atom. The number of benzene rings is 1. The fourth-order valence-corrected chi connectivity index (χ4v) is 3.08. The Morgan fingerprint density at radius 2 is 2.00 bits per heavy atom. The number of aromatic nitrogens is 4. The number of carbonyl (C=O) groups excluding carboxylic acids is 2. The summed E-state index contributed by atoms with van der Waals surface area (Å²) in [6.45, 7) is 5.33. The third-order valence-electron chi connectivity index (χ3n) is 3.53. The average molecular weight is 355 g/mol. The van der Waals surface area contributed by atoms with Gasteiger partial charge in [0.2, 0.25) is 11.1 Å². The number of nitrogens with one attached hydrogen (secondary N) is 1. The van der Waals surface area contributed by atoms with E-state index in [1.165, 1.54) is 18.7 Å². The molecule has 0 spiro atoms. The molecule has 8 heteroatoms. The van der Waals surface area contributed by atoms with E-state index < -0.39 is 0 Å². The highest BCUT2D eigenvalue weighted by Crippen LogP contribution is 2.19. The van der Waals surface area contributed by atoms with E-state index in [1.807, 2.05) is 19.9 Å². The van der Waals surface area contributed by atoms with Gasteiger partial charge in [-0.05, 0) is 44.5 Å². The van der Waals surface area contributed by atoms with Gasteiger partial charge >= 0.3 is 0 Å². The van der Waals surface area contributed by atoms with Crippen molar-refractivity contribution in [3.63, 3.8) is 0 Å². The Morgan fingerprint density at radius 1 is 1.20 bits per heavy atom. The van der Waals surface area contributed by atoms with Gasteiger partial charge in [-0.2, -0.15) is 9.61 Å². The summed E-state index contributed by atoms with van der Waals surface area (Å²) < 4.78 is 1.65. The van der Waals surface area contributed by atoms with Crippen molar-refractivity contribution >= 4 is 34.8 Å². The van der Waals surface area contributed by atoms with Crippen molar-refractivity contribution in [1.29, 1.82) is 0 Å². The van der Waals surface area contributed by atoms with E-state index >= 15 is 0 Å². The zero-order chi connectivity index (χ0) is 18.0. The van der Waals surface area contributed by atoms with Crippen LogP contribution in [0.2, 0.25) is 0 Å². The van der Waals surface area contributed by atoms with Gasteiger partial charge in [0, 0.05) is 11.3 Å². The lowest BCUT2D eigenvalue weighted by Gasteiger charge is -2.06. The number of thioether (sulfide) groups is 1. The summed E-state index contributed by atoms with van der Waals surface area (Å²) in [6, 6.07) is 8.79. The number of nitrogens with zero attached hydrogens (tertiary/aromatic N) is 4. The molecule has 25 heavy (non-hydrogen) atoms. The summed E-state index contributed by atoms with van der Waals surface area (Å²) in [5.74, 6) is -0.0659. The van der Waals surface area contributed by atoms with Crippen molar-refractivity contribution in [3.05, 3.63) is 47.2 Å². The zero-order valence-corrected chi connectivity index (χ0v) is 14.9. The van der Waals surface area contributed by atoms with Gasteiger partial charge < -0.3 is 5.32 Å². The van der Waals surface area contributed by atoms with Crippen LogP contribution in [0.25, 0.3) is 5.65 Å². The quantitative estimate of drug-likeness (QED) is 0.559. The van der Waals surface area contributed by atoms with E-state index in [4.69, 9.17) is 0 Å².